The number of amides is 4. The first-order valence-electron chi connectivity index (χ1n) is 15.3. The SMILES string of the molecule is CC(C)(C)N1C(=O)C2CC=C3C(CC4C(=O)N(Nc5ccc(F)cc5)C(=O)C4(c4ccc(Cl)cc4)C3c3ccc(CO)o3)C2C1=O. The minimum atomic E-state index is -1.54. The molecule has 0 radical (unpaired) electrons. The molecule has 11 heteroatoms. The van der Waals surface area contributed by atoms with Crippen molar-refractivity contribution in [2.75, 3.05) is 5.43 Å². The Morgan fingerprint density at radius 2 is 1.65 bits per heavy atom. The molecule has 238 valence electrons. The van der Waals surface area contributed by atoms with Crippen LogP contribution in [-0.4, -0.2) is 44.2 Å². The summed E-state index contributed by atoms with van der Waals surface area (Å²) in [4.78, 5) is 58.6. The normalized spacial score (nSPS) is 29.1. The van der Waals surface area contributed by atoms with Gasteiger partial charge in [-0.15, -0.1) is 0 Å². The van der Waals surface area contributed by atoms with Gasteiger partial charge in [0.25, 0.3) is 11.8 Å². The zero-order valence-electron chi connectivity index (χ0n) is 25.5. The number of hydrogen-bond donors (Lipinski definition) is 2. The minimum Gasteiger partial charge on any atom is -0.463 e. The van der Waals surface area contributed by atoms with Crippen molar-refractivity contribution in [1.29, 1.82) is 0 Å². The molecule has 0 spiro atoms. The third kappa shape index (κ3) is 4.30. The molecule has 4 amide bonds. The lowest BCUT2D eigenvalue weighted by atomic mass is 9.50. The number of hydrogen-bond acceptors (Lipinski definition) is 7. The fraction of sp³-hybridized carbons (Fsp3) is 0.371. The zero-order chi connectivity index (χ0) is 32.7. The van der Waals surface area contributed by atoms with Crippen molar-refractivity contribution in [2.24, 2.45) is 23.7 Å². The van der Waals surface area contributed by atoms with Crippen molar-refractivity contribution in [3.8, 4) is 0 Å². The number of likely N-dealkylation sites (tertiary alicyclic amines) is 1. The number of nitrogens with zero attached hydrogens (tertiary/aromatic N) is 2. The molecule has 9 nitrogen and oxygen atoms in total. The Balaban J connectivity index is 1.44. The van der Waals surface area contributed by atoms with Gasteiger partial charge in [0.2, 0.25) is 11.8 Å². The van der Waals surface area contributed by atoms with E-state index in [0.29, 0.717) is 28.5 Å². The highest BCUT2D eigenvalue weighted by Gasteiger charge is 2.71. The summed E-state index contributed by atoms with van der Waals surface area (Å²) in [5.41, 5.74) is 2.24. The van der Waals surface area contributed by atoms with Crippen LogP contribution < -0.4 is 5.43 Å². The summed E-state index contributed by atoms with van der Waals surface area (Å²) < 4.78 is 19.9. The van der Waals surface area contributed by atoms with E-state index in [2.05, 4.69) is 5.43 Å². The van der Waals surface area contributed by atoms with E-state index in [1.807, 2.05) is 26.8 Å². The van der Waals surface area contributed by atoms with Crippen molar-refractivity contribution in [2.45, 2.75) is 57.1 Å². The van der Waals surface area contributed by atoms with Crippen LogP contribution in [0.5, 0.6) is 0 Å². The van der Waals surface area contributed by atoms with Crippen molar-refractivity contribution in [3.05, 3.63) is 100 Å². The molecule has 6 atom stereocenters. The molecule has 2 aromatic carbocycles. The predicted molar refractivity (Wildman–Crippen MR) is 165 cm³/mol. The van der Waals surface area contributed by atoms with Crippen LogP contribution in [-0.2, 0) is 31.2 Å². The van der Waals surface area contributed by atoms with E-state index in [1.165, 1.54) is 29.2 Å². The molecule has 7 rings (SSSR count). The number of fused-ring (bicyclic) bond motifs is 4. The summed E-state index contributed by atoms with van der Waals surface area (Å²) in [6.07, 6.45) is 2.36. The molecule has 1 saturated carbocycles. The number of carbonyl (C=O) groups is 4. The van der Waals surface area contributed by atoms with Crippen LogP contribution in [0.3, 0.4) is 0 Å². The molecule has 1 aromatic heterocycles. The van der Waals surface area contributed by atoms with Crippen molar-refractivity contribution in [1.82, 2.24) is 9.91 Å². The average Bonchev–Trinajstić information content (AvgIpc) is 3.66. The molecule has 2 aliphatic carbocycles. The van der Waals surface area contributed by atoms with E-state index < -0.39 is 58.2 Å². The lowest BCUT2D eigenvalue weighted by molar-refractivity contribution is -0.146. The summed E-state index contributed by atoms with van der Waals surface area (Å²) in [6, 6.07) is 15.4. The van der Waals surface area contributed by atoms with Crippen molar-refractivity contribution in [3.63, 3.8) is 0 Å². The third-order valence-electron chi connectivity index (χ3n) is 10.0. The first kappa shape index (κ1) is 30.4. The van der Waals surface area contributed by atoms with Crippen LogP contribution in [0.1, 0.15) is 56.6 Å². The van der Waals surface area contributed by atoms with Crippen molar-refractivity contribution < 1.29 is 33.1 Å². The Kier molecular flexibility index (Phi) is 7.02. The Morgan fingerprint density at radius 1 is 0.957 bits per heavy atom. The molecular formula is C35H33ClFN3O6. The molecule has 6 unspecified atom stereocenters. The number of aliphatic hydroxyl groups excluding tert-OH is 1. The number of benzene rings is 2. The highest BCUT2D eigenvalue weighted by Crippen LogP contribution is 2.64. The van der Waals surface area contributed by atoms with Gasteiger partial charge in [0.15, 0.2) is 0 Å². The Morgan fingerprint density at radius 3 is 2.28 bits per heavy atom. The number of hydrazine groups is 1. The molecule has 2 aliphatic heterocycles. The van der Waals surface area contributed by atoms with Crippen LogP contribution in [0.4, 0.5) is 10.1 Å². The number of imide groups is 2. The number of furan rings is 1. The van der Waals surface area contributed by atoms with Crippen LogP contribution in [0.15, 0.2) is 76.7 Å². The van der Waals surface area contributed by atoms with E-state index in [-0.39, 0.29) is 30.6 Å². The maximum atomic E-state index is 15.0. The number of carbonyl (C=O) groups excluding carboxylic acids is 4. The third-order valence-corrected chi connectivity index (χ3v) is 10.3. The van der Waals surface area contributed by atoms with Crippen LogP contribution >= 0.6 is 11.6 Å². The van der Waals surface area contributed by atoms with Gasteiger partial charge >= 0.3 is 0 Å². The standard InChI is InChI=1S/C35H33ClFN3O6/c1-34(2,3)39-30(42)24-14-13-23-25(28(24)32(39)44)16-26-31(43)40(38-21-10-8-20(37)9-11-21)33(45)35(26,18-4-6-19(36)7-5-18)29(23)27-15-12-22(17-41)46-27/h4-13,15,24-26,28-29,38,41H,14,16-17H2,1-3H3. The number of nitrogens with one attached hydrogen (secondary N) is 1. The van der Waals surface area contributed by atoms with Crippen LogP contribution in [0.2, 0.25) is 5.02 Å². The summed E-state index contributed by atoms with van der Waals surface area (Å²) >= 11 is 6.30. The maximum Gasteiger partial charge on any atom is 0.260 e. The number of halogens is 2. The van der Waals surface area contributed by atoms with Gasteiger partial charge in [0, 0.05) is 10.6 Å². The van der Waals surface area contributed by atoms with Gasteiger partial charge in [-0.1, -0.05) is 35.4 Å². The molecule has 2 saturated heterocycles. The molecule has 46 heavy (non-hydrogen) atoms. The van der Waals surface area contributed by atoms with Gasteiger partial charge in [-0.05, 0) is 93.6 Å². The Labute approximate surface area is 270 Å². The Bertz CT molecular complexity index is 1800. The van der Waals surface area contributed by atoms with Crippen LogP contribution in [0.25, 0.3) is 0 Å². The molecule has 3 aromatic rings. The second-order valence-corrected chi connectivity index (χ2v) is 14.0. The number of rotatable bonds is 5. The number of aliphatic hydroxyl groups is 1. The molecule has 3 heterocycles. The fourth-order valence-electron chi connectivity index (χ4n) is 8.26. The molecule has 3 fully saturated rings. The lowest BCUT2D eigenvalue weighted by Gasteiger charge is -2.49. The first-order chi connectivity index (χ1) is 21.9. The van der Waals surface area contributed by atoms with E-state index in [1.54, 1.807) is 36.4 Å². The van der Waals surface area contributed by atoms with Gasteiger partial charge in [-0.25, -0.2) is 4.39 Å². The molecular weight excluding hydrogens is 613 g/mol. The summed E-state index contributed by atoms with van der Waals surface area (Å²) in [6.45, 7) is 5.08. The predicted octanol–water partition coefficient (Wildman–Crippen LogP) is 5.35. The quantitative estimate of drug-likeness (QED) is 0.284. The largest absolute Gasteiger partial charge is 0.463 e. The van der Waals surface area contributed by atoms with E-state index in [9.17, 15) is 28.7 Å². The van der Waals surface area contributed by atoms with Crippen molar-refractivity contribution >= 4 is 40.9 Å². The highest BCUT2D eigenvalue weighted by molar-refractivity contribution is 6.30. The second-order valence-electron chi connectivity index (χ2n) is 13.5. The highest BCUT2D eigenvalue weighted by atomic mass is 35.5. The molecule has 4 aliphatic rings. The van der Waals surface area contributed by atoms with E-state index in [0.717, 1.165) is 10.6 Å². The minimum absolute atomic E-state index is 0.128. The smallest absolute Gasteiger partial charge is 0.260 e. The van der Waals surface area contributed by atoms with Gasteiger partial charge in [-0.2, -0.15) is 5.01 Å². The summed E-state index contributed by atoms with van der Waals surface area (Å²) in [7, 11) is 0. The maximum absolute atomic E-state index is 15.0. The van der Waals surface area contributed by atoms with Gasteiger partial charge < -0.3 is 9.52 Å². The van der Waals surface area contributed by atoms with Gasteiger partial charge in [-0.3, -0.25) is 29.5 Å². The Hall–Kier alpha value is -4.28. The van der Waals surface area contributed by atoms with Gasteiger partial charge in [0.05, 0.1) is 29.4 Å². The summed E-state index contributed by atoms with van der Waals surface area (Å²) in [5, 5.41) is 11.3. The van der Waals surface area contributed by atoms with Crippen LogP contribution in [0, 0.1) is 29.5 Å². The van der Waals surface area contributed by atoms with Gasteiger partial charge in [0.1, 0.15) is 29.4 Å². The molecule has 2 N–H and O–H groups in total. The van der Waals surface area contributed by atoms with E-state index in [4.69, 9.17) is 16.0 Å². The number of allylic oxidation sites excluding steroid dienone is 2. The zero-order valence-corrected chi connectivity index (χ0v) is 26.3. The molecule has 0 bridgehead atoms. The number of anilines is 1. The monoisotopic (exact) mass is 645 g/mol. The first-order valence-corrected chi connectivity index (χ1v) is 15.7. The lowest BCUT2D eigenvalue weighted by Crippen LogP contribution is -2.53. The average molecular weight is 646 g/mol. The second kappa shape index (κ2) is 10.6. The topological polar surface area (TPSA) is 120 Å². The fourth-order valence-corrected chi connectivity index (χ4v) is 8.39. The summed E-state index contributed by atoms with van der Waals surface area (Å²) in [5.74, 6) is -5.12. The van der Waals surface area contributed by atoms with E-state index >= 15 is 0 Å².